The Labute approximate surface area is 196 Å². The molecule has 0 saturated carbocycles. The van der Waals surface area contributed by atoms with E-state index in [0.717, 1.165) is 6.42 Å². The van der Waals surface area contributed by atoms with E-state index in [-0.39, 0.29) is 5.97 Å². The summed E-state index contributed by atoms with van der Waals surface area (Å²) in [7, 11) is 0. The fourth-order valence-electron chi connectivity index (χ4n) is 4.56. The van der Waals surface area contributed by atoms with Gasteiger partial charge in [-0.1, -0.05) is 32.3 Å². The van der Waals surface area contributed by atoms with Crippen LogP contribution in [0.3, 0.4) is 0 Å². The molecular weight excluding hydrogens is 399 g/mol. The molecular formula is C28H57O2P. The molecule has 0 unspecified atom stereocenters. The summed E-state index contributed by atoms with van der Waals surface area (Å²) in [6.45, 7) is 12.6. The molecule has 0 radical (unpaired) electrons. The molecule has 0 aliphatic heterocycles. The molecule has 0 aromatic rings. The summed E-state index contributed by atoms with van der Waals surface area (Å²) in [4.78, 5) is 10.9. The van der Waals surface area contributed by atoms with Crippen LogP contribution in [0.5, 0.6) is 0 Å². The summed E-state index contributed by atoms with van der Waals surface area (Å²) in [6, 6.07) is 0. The number of hydrogen-bond donors (Lipinski definition) is 0. The molecule has 2 nitrogen and oxygen atoms in total. The molecule has 0 amide bonds. The van der Waals surface area contributed by atoms with Crippen LogP contribution < -0.4 is 0 Å². The SMILES string of the molecule is C=CC(=O)OCCCCCCCCCCCCCCCCCCP(C)(CC)(CC)CC. The van der Waals surface area contributed by atoms with Gasteiger partial charge in [-0.15, -0.1) is 0 Å². The van der Waals surface area contributed by atoms with E-state index in [1.807, 2.05) is 0 Å². The molecule has 0 heterocycles. The zero-order chi connectivity index (χ0) is 23.3. The van der Waals surface area contributed by atoms with E-state index in [4.69, 9.17) is 4.74 Å². The third kappa shape index (κ3) is 16.0. The summed E-state index contributed by atoms with van der Waals surface area (Å²) < 4.78 is 4.99. The van der Waals surface area contributed by atoms with Crippen molar-refractivity contribution in [2.45, 2.75) is 124 Å². The summed E-state index contributed by atoms with van der Waals surface area (Å²) in [6.07, 6.45) is 29.1. The average Bonchev–Trinajstić information content (AvgIpc) is 2.80. The quantitative estimate of drug-likeness (QED) is 0.0663. The molecule has 0 N–H and O–H groups in total. The van der Waals surface area contributed by atoms with Crippen LogP contribution in [0.15, 0.2) is 12.7 Å². The van der Waals surface area contributed by atoms with E-state index < -0.39 is 6.60 Å². The van der Waals surface area contributed by atoms with Gasteiger partial charge in [-0.3, -0.25) is 0 Å². The van der Waals surface area contributed by atoms with Crippen LogP contribution in [0.1, 0.15) is 124 Å². The van der Waals surface area contributed by atoms with E-state index >= 15 is 0 Å². The molecule has 0 saturated heterocycles. The molecule has 0 aromatic carbocycles. The van der Waals surface area contributed by atoms with Crippen molar-refractivity contribution in [3.8, 4) is 0 Å². The van der Waals surface area contributed by atoms with Crippen molar-refractivity contribution in [1.82, 2.24) is 0 Å². The topological polar surface area (TPSA) is 26.3 Å². The van der Waals surface area contributed by atoms with Crippen molar-refractivity contribution in [3.05, 3.63) is 12.7 Å². The van der Waals surface area contributed by atoms with Crippen molar-refractivity contribution in [1.29, 1.82) is 0 Å². The van der Waals surface area contributed by atoms with E-state index in [1.54, 1.807) is 6.16 Å². The van der Waals surface area contributed by atoms with Crippen molar-refractivity contribution >= 4 is 12.6 Å². The molecule has 0 rings (SSSR count). The third-order valence-electron chi connectivity index (χ3n) is 8.12. The van der Waals surface area contributed by atoms with Crippen molar-refractivity contribution in [2.75, 3.05) is 37.9 Å². The molecule has 0 bridgehead atoms. The van der Waals surface area contributed by atoms with Crippen LogP contribution in [0.2, 0.25) is 0 Å². The zero-order valence-electron chi connectivity index (χ0n) is 21.9. The Morgan fingerprint density at radius 3 is 1.29 bits per heavy atom. The van der Waals surface area contributed by atoms with E-state index in [0.29, 0.717) is 6.61 Å². The van der Waals surface area contributed by atoms with Crippen LogP contribution in [0.25, 0.3) is 0 Å². The molecule has 0 spiro atoms. The minimum absolute atomic E-state index is 0.298. The van der Waals surface area contributed by atoms with Crippen LogP contribution in [-0.2, 0) is 9.53 Å². The molecule has 186 valence electrons. The van der Waals surface area contributed by atoms with E-state index in [1.165, 1.54) is 121 Å². The van der Waals surface area contributed by atoms with Crippen molar-refractivity contribution < 1.29 is 9.53 Å². The van der Waals surface area contributed by atoms with Crippen LogP contribution in [-0.4, -0.2) is 43.9 Å². The molecule has 0 fully saturated rings. The zero-order valence-corrected chi connectivity index (χ0v) is 22.8. The van der Waals surface area contributed by atoms with E-state index in [9.17, 15) is 4.79 Å². The number of carbonyl (C=O) groups is 1. The number of hydrogen-bond acceptors (Lipinski definition) is 2. The summed E-state index contributed by atoms with van der Waals surface area (Å²) in [5, 5.41) is 0. The predicted octanol–water partition coefficient (Wildman–Crippen LogP) is 9.20. The molecule has 0 atom stereocenters. The summed E-state index contributed by atoms with van der Waals surface area (Å²) >= 11 is 0. The monoisotopic (exact) mass is 456 g/mol. The molecule has 0 aliphatic rings. The minimum atomic E-state index is -1.33. The Morgan fingerprint density at radius 1 is 0.645 bits per heavy atom. The normalized spacial score (nSPS) is 13.0. The van der Waals surface area contributed by atoms with Crippen molar-refractivity contribution in [3.63, 3.8) is 0 Å². The van der Waals surface area contributed by atoms with Gasteiger partial charge in [0.05, 0.1) is 6.61 Å². The van der Waals surface area contributed by atoms with Gasteiger partial charge in [0.2, 0.25) is 0 Å². The fourth-order valence-corrected chi connectivity index (χ4v) is 8.06. The fraction of sp³-hybridized carbons (Fsp3) is 0.893. The predicted molar refractivity (Wildman–Crippen MR) is 144 cm³/mol. The second-order valence-electron chi connectivity index (χ2n) is 10.3. The third-order valence-corrected chi connectivity index (χ3v) is 15.8. The number of unbranched alkanes of at least 4 members (excludes halogenated alkanes) is 15. The summed E-state index contributed by atoms with van der Waals surface area (Å²) in [5.41, 5.74) is 0. The van der Waals surface area contributed by atoms with Gasteiger partial charge >= 0.3 is 135 Å². The summed E-state index contributed by atoms with van der Waals surface area (Å²) in [5.74, 6) is -0.298. The standard InChI is InChI=1S/C28H57O2P/c1-6-28(29)30-26-24-22-20-18-16-14-12-10-11-13-15-17-19-21-23-25-27-31(5,7-2,8-3)9-4/h6H,1,7-27H2,2-5H3. The number of ether oxygens (including phenoxy) is 1. The maximum atomic E-state index is 10.9. The van der Waals surface area contributed by atoms with Gasteiger partial charge < -0.3 is 4.74 Å². The first-order valence-electron chi connectivity index (χ1n) is 13.7. The first kappa shape index (κ1) is 30.6. The Bertz CT molecular complexity index is 431. The maximum absolute atomic E-state index is 10.9. The molecule has 0 aromatic heterocycles. The molecule has 3 heteroatoms. The Hall–Kier alpha value is -0.360. The second-order valence-corrected chi connectivity index (χ2v) is 17.9. The second kappa shape index (κ2) is 19.1. The van der Waals surface area contributed by atoms with Gasteiger partial charge in [0, 0.05) is 6.08 Å². The van der Waals surface area contributed by atoms with Gasteiger partial charge in [0.25, 0.3) is 0 Å². The van der Waals surface area contributed by atoms with Gasteiger partial charge in [-0.25, -0.2) is 4.79 Å². The number of carbonyl (C=O) groups excluding carboxylic acids is 1. The Morgan fingerprint density at radius 2 is 0.968 bits per heavy atom. The van der Waals surface area contributed by atoms with Gasteiger partial charge in [-0.05, 0) is 6.42 Å². The molecule has 31 heavy (non-hydrogen) atoms. The Balaban J connectivity index is 3.30. The van der Waals surface area contributed by atoms with Crippen molar-refractivity contribution in [2.24, 2.45) is 0 Å². The van der Waals surface area contributed by atoms with Crippen LogP contribution >= 0.6 is 6.60 Å². The molecule has 0 aliphatic carbocycles. The van der Waals surface area contributed by atoms with Gasteiger partial charge in [0.15, 0.2) is 0 Å². The Kier molecular flexibility index (Phi) is 18.9. The van der Waals surface area contributed by atoms with Gasteiger partial charge in [0.1, 0.15) is 0 Å². The first-order chi connectivity index (χ1) is 14.9. The van der Waals surface area contributed by atoms with Crippen LogP contribution in [0, 0.1) is 0 Å². The number of rotatable bonds is 23. The van der Waals surface area contributed by atoms with E-state index in [2.05, 4.69) is 34.0 Å². The van der Waals surface area contributed by atoms with Gasteiger partial charge in [-0.2, -0.15) is 0 Å². The number of esters is 1. The van der Waals surface area contributed by atoms with Crippen LogP contribution in [0.4, 0.5) is 0 Å². The first-order valence-corrected chi connectivity index (χ1v) is 17.2. The average molecular weight is 457 g/mol.